The maximum Gasteiger partial charge on any atom is 0.224 e. The number of rotatable bonds is 12. The van der Waals surface area contributed by atoms with E-state index in [1.165, 1.54) is 0 Å². The zero-order valence-corrected chi connectivity index (χ0v) is 23.3. The molecule has 1 unspecified atom stereocenters. The first kappa shape index (κ1) is 28.0. The van der Waals surface area contributed by atoms with Crippen molar-refractivity contribution in [2.24, 2.45) is 0 Å². The van der Waals surface area contributed by atoms with Crippen molar-refractivity contribution in [3.63, 3.8) is 0 Å². The molecule has 0 bridgehead atoms. The third kappa shape index (κ3) is 7.14. The van der Waals surface area contributed by atoms with Gasteiger partial charge in [-0.05, 0) is 41.0 Å². The second kappa shape index (κ2) is 13.0. The summed E-state index contributed by atoms with van der Waals surface area (Å²) in [7, 11) is 4.84. The van der Waals surface area contributed by atoms with Crippen molar-refractivity contribution in [3.8, 4) is 17.2 Å². The highest BCUT2D eigenvalue weighted by molar-refractivity contribution is 9.08. The van der Waals surface area contributed by atoms with Crippen LogP contribution in [0, 0.1) is 0 Å². The third-order valence-corrected chi connectivity index (χ3v) is 6.73. The zero-order valence-electron chi connectivity index (χ0n) is 21.7. The molecule has 0 aliphatic rings. The van der Waals surface area contributed by atoms with E-state index in [1.807, 2.05) is 12.1 Å². The van der Waals surface area contributed by atoms with Crippen molar-refractivity contribution in [1.29, 1.82) is 0 Å². The number of nitrogens with one attached hydrogen (secondary N) is 1. The smallest absolute Gasteiger partial charge is 0.224 e. The van der Waals surface area contributed by atoms with Gasteiger partial charge in [-0.25, -0.2) is 0 Å². The Kier molecular flexibility index (Phi) is 10.7. The lowest BCUT2D eigenvalue weighted by molar-refractivity contribution is -0.116. The predicted molar refractivity (Wildman–Crippen MR) is 144 cm³/mol. The summed E-state index contributed by atoms with van der Waals surface area (Å²) in [6.07, 6.45) is 4.53. The molecule has 0 aliphatic heterocycles. The number of hydrogen-bond acceptors (Lipinski definition) is 4. The van der Waals surface area contributed by atoms with Gasteiger partial charge in [0.1, 0.15) is 0 Å². The molecule has 0 aliphatic carbocycles. The van der Waals surface area contributed by atoms with E-state index in [0.717, 1.165) is 53.4 Å². The van der Waals surface area contributed by atoms with E-state index in [9.17, 15) is 4.79 Å². The Morgan fingerprint density at radius 2 is 1.71 bits per heavy atom. The summed E-state index contributed by atoms with van der Waals surface area (Å²) in [5, 5.41) is 3.95. The minimum absolute atomic E-state index is 0.00116. The van der Waals surface area contributed by atoms with Crippen LogP contribution in [0.3, 0.4) is 0 Å². The number of carbonyl (C=O) groups is 1. The van der Waals surface area contributed by atoms with Crippen LogP contribution in [-0.2, 0) is 15.5 Å². The Labute approximate surface area is 213 Å². The number of benzene rings is 2. The Morgan fingerprint density at radius 1 is 1.00 bits per heavy atom. The standard InChI is InChI=1S/C28H40BrNO4/c1-8-9-10-11-20(21-13-15-24(32-5)27(34-7)26(21)33-6)17-25(31)30-23-16-19(18-29)12-14-22(23)28(2,3)4/h12-16,20H,8-11,17-18H2,1-7H3,(H,30,31). The molecule has 1 atom stereocenters. The van der Waals surface area contributed by atoms with Crippen molar-refractivity contribution in [2.75, 3.05) is 26.6 Å². The molecule has 6 heteroatoms. The first-order chi connectivity index (χ1) is 16.2. The highest BCUT2D eigenvalue weighted by Crippen LogP contribution is 2.44. The van der Waals surface area contributed by atoms with Gasteiger partial charge in [0.2, 0.25) is 11.7 Å². The molecular formula is C28H40BrNO4. The Morgan fingerprint density at radius 3 is 2.26 bits per heavy atom. The fourth-order valence-corrected chi connectivity index (χ4v) is 4.66. The maximum atomic E-state index is 13.4. The van der Waals surface area contributed by atoms with Gasteiger partial charge in [0.25, 0.3) is 0 Å². The Bertz CT molecular complexity index is 952. The van der Waals surface area contributed by atoms with Crippen molar-refractivity contribution in [2.45, 2.75) is 76.5 Å². The minimum atomic E-state index is -0.0828. The number of anilines is 1. The number of amides is 1. The molecule has 34 heavy (non-hydrogen) atoms. The van der Waals surface area contributed by atoms with Gasteiger partial charge < -0.3 is 19.5 Å². The van der Waals surface area contributed by atoms with Crippen LogP contribution in [0.2, 0.25) is 0 Å². The minimum Gasteiger partial charge on any atom is -0.493 e. The van der Waals surface area contributed by atoms with Gasteiger partial charge in [-0.3, -0.25) is 4.79 Å². The van der Waals surface area contributed by atoms with Crippen molar-refractivity contribution >= 4 is 27.5 Å². The second-order valence-electron chi connectivity index (χ2n) is 9.63. The molecular weight excluding hydrogens is 494 g/mol. The van der Waals surface area contributed by atoms with Crippen LogP contribution in [0.5, 0.6) is 17.2 Å². The van der Waals surface area contributed by atoms with Gasteiger partial charge in [-0.15, -0.1) is 0 Å². The number of methoxy groups -OCH3 is 3. The van der Waals surface area contributed by atoms with Crippen LogP contribution in [0.4, 0.5) is 5.69 Å². The molecule has 0 heterocycles. The summed E-state index contributed by atoms with van der Waals surface area (Å²) in [6.45, 7) is 8.67. The molecule has 2 aromatic rings. The average molecular weight is 535 g/mol. The van der Waals surface area contributed by atoms with Crippen molar-refractivity contribution < 1.29 is 19.0 Å². The van der Waals surface area contributed by atoms with E-state index in [1.54, 1.807) is 21.3 Å². The highest BCUT2D eigenvalue weighted by Gasteiger charge is 2.25. The third-order valence-electron chi connectivity index (χ3n) is 6.08. The lowest BCUT2D eigenvalue weighted by Gasteiger charge is -2.25. The van der Waals surface area contributed by atoms with E-state index < -0.39 is 0 Å². The molecule has 0 saturated heterocycles. The topological polar surface area (TPSA) is 56.8 Å². The normalized spacial score (nSPS) is 12.2. The molecule has 5 nitrogen and oxygen atoms in total. The molecule has 0 saturated carbocycles. The largest absolute Gasteiger partial charge is 0.493 e. The number of carbonyl (C=O) groups excluding carboxylic acids is 1. The first-order valence-corrected chi connectivity index (χ1v) is 13.1. The van der Waals surface area contributed by atoms with Crippen molar-refractivity contribution in [1.82, 2.24) is 0 Å². The molecule has 1 amide bonds. The van der Waals surface area contributed by atoms with Gasteiger partial charge in [0.05, 0.1) is 21.3 Å². The van der Waals surface area contributed by atoms with E-state index >= 15 is 0 Å². The summed E-state index contributed by atoms with van der Waals surface area (Å²) in [5.74, 6) is 1.80. The number of alkyl halides is 1. The lowest BCUT2D eigenvalue weighted by atomic mass is 9.85. The summed E-state index contributed by atoms with van der Waals surface area (Å²) in [5.41, 5.74) is 4.01. The van der Waals surface area contributed by atoms with E-state index in [0.29, 0.717) is 23.7 Å². The SMILES string of the molecule is CCCCCC(CC(=O)Nc1cc(CBr)ccc1C(C)(C)C)c1ccc(OC)c(OC)c1OC. The average Bonchev–Trinajstić information content (AvgIpc) is 2.81. The summed E-state index contributed by atoms with van der Waals surface area (Å²) >= 11 is 3.53. The zero-order chi connectivity index (χ0) is 25.3. The van der Waals surface area contributed by atoms with Crippen LogP contribution in [0.25, 0.3) is 0 Å². The van der Waals surface area contributed by atoms with Gasteiger partial charge >= 0.3 is 0 Å². The fraction of sp³-hybridized carbons (Fsp3) is 0.536. The highest BCUT2D eigenvalue weighted by atomic mass is 79.9. The number of unbranched alkanes of at least 4 members (excludes halogenated alkanes) is 2. The number of halogens is 1. The molecule has 0 spiro atoms. The van der Waals surface area contributed by atoms with Crippen LogP contribution in [-0.4, -0.2) is 27.2 Å². The predicted octanol–water partition coefficient (Wildman–Crippen LogP) is 7.60. The van der Waals surface area contributed by atoms with Gasteiger partial charge in [-0.1, -0.05) is 81.1 Å². The quantitative estimate of drug-likeness (QED) is 0.225. The molecule has 188 valence electrons. The van der Waals surface area contributed by atoms with Crippen LogP contribution in [0.15, 0.2) is 30.3 Å². The first-order valence-electron chi connectivity index (χ1n) is 12.0. The molecule has 0 radical (unpaired) electrons. The second-order valence-corrected chi connectivity index (χ2v) is 10.2. The molecule has 1 N–H and O–H groups in total. The van der Waals surface area contributed by atoms with Gasteiger partial charge in [0, 0.05) is 23.0 Å². The summed E-state index contributed by atoms with van der Waals surface area (Å²) < 4.78 is 16.8. The van der Waals surface area contributed by atoms with Crippen molar-refractivity contribution in [3.05, 3.63) is 47.0 Å². The molecule has 0 fully saturated rings. The Balaban J connectivity index is 2.39. The Hall–Kier alpha value is -2.21. The monoisotopic (exact) mass is 533 g/mol. The van der Waals surface area contributed by atoms with Crippen LogP contribution in [0.1, 0.15) is 82.4 Å². The summed E-state index contributed by atoms with van der Waals surface area (Å²) in [6, 6.07) is 10.2. The summed E-state index contributed by atoms with van der Waals surface area (Å²) in [4.78, 5) is 13.4. The van der Waals surface area contributed by atoms with Crippen LogP contribution >= 0.6 is 15.9 Å². The van der Waals surface area contributed by atoms with Gasteiger partial charge in [0.15, 0.2) is 11.5 Å². The number of ether oxygens (including phenoxy) is 3. The van der Waals surface area contributed by atoms with Gasteiger partial charge in [-0.2, -0.15) is 0 Å². The maximum absolute atomic E-state index is 13.4. The van der Waals surface area contributed by atoms with E-state index in [-0.39, 0.29) is 17.2 Å². The van der Waals surface area contributed by atoms with E-state index in [2.05, 4.69) is 67.1 Å². The molecule has 2 rings (SSSR count). The molecule has 0 aromatic heterocycles. The number of hydrogen-bond donors (Lipinski definition) is 1. The lowest BCUT2D eigenvalue weighted by Crippen LogP contribution is -2.21. The fourth-order valence-electron chi connectivity index (χ4n) is 4.31. The van der Waals surface area contributed by atoms with E-state index in [4.69, 9.17) is 14.2 Å². The molecule has 2 aromatic carbocycles. The van der Waals surface area contributed by atoms with Crippen LogP contribution < -0.4 is 19.5 Å².